The lowest BCUT2D eigenvalue weighted by Gasteiger charge is -2.26. The fourth-order valence-corrected chi connectivity index (χ4v) is 7.16. The van der Waals surface area contributed by atoms with Gasteiger partial charge in [-0.1, -0.05) is 65.9 Å². The first-order valence-electron chi connectivity index (χ1n) is 15.3. The number of anilines is 1. The van der Waals surface area contributed by atoms with E-state index in [9.17, 15) is 14.0 Å². The molecule has 1 N–H and O–H groups in total. The molecule has 0 saturated carbocycles. The van der Waals surface area contributed by atoms with E-state index in [1.807, 2.05) is 60.8 Å². The number of rotatable bonds is 8. The summed E-state index contributed by atoms with van der Waals surface area (Å²) in [5, 5.41) is 3.95. The van der Waals surface area contributed by atoms with Crippen molar-refractivity contribution in [3.63, 3.8) is 0 Å². The second kappa shape index (κ2) is 12.8. The zero-order valence-corrected chi connectivity index (χ0v) is 27.3. The Morgan fingerprint density at radius 1 is 0.958 bits per heavy atom. The van der Waals surface area contributed by atoms with Gasteiger partial charge in [-0.05, 0) is 66.6 Å². The number of carbonyl (C=O) groups excluding carboxylic acids is 1. The summed E-state index contributed by atoms with van der Waals surface area (Å²) >= 11 is 1.27. The Balaban J connectivity index is 1.37. The van der Waals surface area contributed by atoms with Gasteiger partial charge in [-0.3, -0.25) is 14.2 Å². The average molecular weight is 659 g/mol. The summed E-state index contributed by atoms with van der Waals surface area (Å²) < 4.78 is 28.8. The number of hydrogen-bond acceptors (Lipinski definition) is 6. The molecule has 4 aromatic carbocycles. The third-order valence-electron chi connectivity index (χ3n) is 8.39. The smallest absolute Gasteiger partial charge is 0.271 e. The summed E-state index contributed by atoms with van der Waals surface area (Å²) in [6, 6.07) is 28.2. The van der Waals surface area contributed by atoms with E-state index in [-0.39, 0.29) is 17.3 Å². The van der Waals surface area contributed by atoms with Crippen LogP contribution in [0.2, 0.25) is 0 Å². The van der Waals surface area contributed by atoms with Crippen molar-refractivity contribution < 1.29 is 18.7 Å². The van der Waals surface area contributed by atoms with E-state index < -0.39 is 6.04 Å². The van der Waals surface area contributed by atoms with Crippen molar-refractivity contribution in [1.29, 1.82) is 0 Å². The predicted octanol–water partition coefficient (Wildman–Crippen LogP) is 6.03. The van der Waals surface area contributed by atoms with E-state index in [1.165, 1.54) is 23.5 Å². The standard InChI is InChI=1S/C38H31FN4O4S/c1-23-34(36(44)41-28-9-5-4-6-10-28)35(25-15-18-31(46-2)32(19-25)47-3)43-37(45)33(48-38(43)40-23)20-26-22-42(30-12-8-7-11-29(26)30)21-24-13-16-27(39)17-14-24/h4-20,22,35H,21H2,1-3H3,(H,41,44)/b33-20-/t35-/m1/s1. The molecule has 48 heavy (non-hydrogen) atoms. The third kappa shape index (κ3) is 5.71. The van der Waals surface area contributed by atoms with E-state index in [1.54, 1.807) is 62.1 Å². The van der Waals surface area contributed by atoms with Crippen molar-refractivity contribution in [3.8, 4) is 11.5 Å². The number of fused-ring (bicyclic) bond motifs is 2. The van der Waals surface area contributed by atoms with Gasteiger partial charge in [0.25, 0.3) is 11.5 Å². The van der Waals surface area contributed by atoms with Crippen molar-refractivity contribution >= 4 is 39.9 Å². The molecule has 3 heterocycles. The molecule has 0 fully saturated rings. The van der Waals surface area contributed by atoms with Crippen LogP contribution >= 0.6 is 11.3 Å². The second-order valence-electron chi connectivity index (χ2n) is 11.4. The van der Waals surface area contributed by atoms with E-state index >= 15 is 0 Å². The zero-order chi connectivity index (χ0) is 33.4. The van der Waals surface area contributed by atoms with E-state index in [0.29, 0.717) is 49.9 Å². The number of hydrogen-bond donors (Lipinski definition) is 1. The maximum Gasteiger partial charge on any atom is 0.271 e. The van der Waals surface area contributed by atoms with Crippen molar-refractivity contribution in [1.82, 2.24) is 9.13 Å². The maximum atomic E-state index is 14.4. The fraction of sp³-hybridized carbons (Fsp3) is 0.132. The highest BCUT2D eigenvalue weighted by atomic mass is 32.1. The average Bonchev–Trinajstić information content (AvgIpc) is 3.60. The lowest BCUT2D eigenvalue weighted by molar-refractivity contribution is -0.113. The molecule has 1 aliphatic rings. The highest BCUT2D eigenvalue weighted by Gasteiger charge is 2.33. The number of ether oxygens (including phenoxy) is 2. The van der Waals surface area contributed by atoms with Gasteiger partial charge in [-0.2, -0.15) is 0 Å². The van der Waals surface area contributed by atoms with Gasteiger partial charge in [0.05, 0.1) is 36.1 Å². The van der Waals surface area contributed by atoms with Gasteiger partial charge in [0.15, 0.2) is 16.3 Å². The van der Waals surface area contributed by atoms with Crippen LogP contribution < -0.4 is 29.7 Å². The molecule has 6 aromatic rings. The van der Waals surface area contributed by atoms with Crippen LogP contribution in [0.25, 0.3) is 17.0 Å². The Morgan fingerprint density at radius 3 is 2.44 bits per heavy atom. The molecular formula is C38H31FN4O4S. The lowest BCUT2D eigenvalue weighted by Crippen LogP contribution is -2.40. The Hall–Kier alpha value is -5.74. The van der Waals surface area contributed by atoms with Crippen LogP contribution in [-0.2, 0) is 11.3 Å². The minimum atomic E-state index is -0.785. The molecule has 1 amide bonds. The van der Waals surface area contributed by atoms with Gasteiger partial charge >= 0.3 is 0 Å². The number of nitrogens with zero attached hydrogens (tertiary/aromatic N) is 3. The van der Waals surface area contributed by atoms with Crippen LogP contribution in [0.5, 0.6) is 11.5 Å². The first-order chi connectivity index (χ1) is 23.3. The first-order valence-corrected chi connectivity index (χ1v) is 16.1. The SMILES string of the molecule is COc1ccc([C@@H]2C(C(=O)Nc3ccccc3)=C(C)N=c3s/c(=C\c4cn(Cc5ccc(F)cc5)c5ccccc45)c(=O)n32)cc1OC. The predicted molar refractivity (Wildman–Crippen MR) is 186 cm³/mol. The summed E-state index contributed by atoms with van der Waals surface area (Å²) in [7, 11) is 3.10. The monoisotopic (exact) mass is 658 g/mol. The molecule has 0 bridgehead atoms. The first kappa shape index (κ1) is 30.9. The number of methoxy groups -OCH3 is 2. The van der Waals surface area contributed by atoms with Gasteiger partial charge in [0.2, 0.25) is 0 Å². The van der Waals surface area contributed by atoms with Crippen molar-refractivity contribution in [2.45, 2.75) is 19.5 Å². The zero-order valence-electron chi connectivity index (χ0n) is 26.4. The molecule has 8 nitrogen and oxygen atoms in total. The van der Waals surface area contributed by atoms with Gasteiger partial charge in [0, 0.05) is 34.9 Å². The van der Waals surface area contributed by atoms with Gasteiger partial charge in [0.1, 0.15) is 5.82 Å². The Morgan fingerprint density at radius 2 is 1.69 bits per heavy atom. The topological polar surface area (TPSA) is 86.9 Å². The molecule has 7 rings (SSSR count). The van der Waals surface area contributed by atoms with E-state index in [0.717, 1.165) is 22.0 Å². The molecule has 0 unspecified atom stereocenters. The van der Waals surface area contributed by atoms with Crippen LogP contribution in [-0.4, -0.2) is 29.3 Å². The molecule has 240 valence electrons. The highest BCUT2D eigenvalue weighted by molar-refractivity contribution is 7.07. The summed E-state index contributed by atoms with van der Waals surface area (Å²) in [5.41, 5.74) is 4.68. The number of carbonyl (C=O) groups is 1. The minimum absolute atomic E-state index is 0.272. The molecule has 10 heteroatoms. The van der Waals surface area contributed by atoms with Crippen molar-refractivity contribution in [2.75, 3.05) is 19.5 Å². The summed E-state index contributed by atoms with van der Waals surface area (Å²) in [5.74, 6) is 0.361. The largest absolute Gasteiger partial charge is 0.493 e. The van der Waals surface area contributed by atoms with Crippen molar-refractivity contribution in [2.24, 2.45) is 4.99 Å². The third-order valence-corrected chi connectivity index (χ3v) is 9.38. The van der Waals surface area contributed by atoms with E-state index in [4.69, 9.17) is 14.5 Å². The number of aromatic nitrogens is 2. The number of thiazole rings is 1. The molecule has 2 aromatic heterocycles. The van der Waals surface area contributed by atoms with Gasteiger partial charge in [-0.15, -0.1) is 0 Å². The van der Waals surface area contributed by atoms with E-state index in [2.05, 4.69) is 9.88 Å². The Kier molecular flexibility index (Phi) is 8.24. The van der Waals surface area contributed by atoms with Crippen LogP contribution in [0.1, 0.15) is 29.7 Å². The second-order valence-corrected chi connectivity index (χ2v) is 12.4. The molecule has 0 spiro atoms. The highest BCUT2D eigenvalue weighted by Crippen LogP contribution is 2.36. The van der Waals surface area contributed by atoms with Gasteiger partial charge in [-0.25, -0.2) is 9.38 Å². The number of benzene rings is 4. The molecular weight excluding hydrogens is 628 g/mol. The Bertz CT molecular complexity index is 2390. The van der Waals surface area contributed by atoms with Crippen LogP contribution in [0.4, 0.5) is 10.1 Å². The molecule has 0 saturated heterocycles. The maximum absolute atomic E-state index is 14.4. The summed E-state index contributed by atoms with van der Waals surface area (Å²) in [6.45, 7) is 2.32. The normalized spacial score (nSPS) is 14.5. The molecule has 0 radical (unpaired) electrons. The number of para-hydroxylation sites is 2. The van der Waals surface area contributed by atoms with Gasteiger partial charge < -0.3 is 19.4 Å². The summed E-state index contributed by atoms with van der Waals surface area (Å²) in [4.78, 5) is 33.6. The number of halogens is 1. The van der Waals surface area contributed by atoms with Crippen LogP contribution in [0.15, 0.2) is 124 Å². The lowest BCUT2D eigenvalue weighted by atomic mass is 9.94. The van der Waals surface area contributed by atoms with Crippen molar-refractivity contribution in [3.05, 3.63) is 157 Å². The molecule has 1 atom stereocenters. The van der Waals surface area contributed by atoms with Crippen LogP contribution in [0.3, 0.4) is 0 Å². The van der Waals surface area contributed by atoms with Crippen LogP contribution in [0, 0.1) is 5.82 Å². The number of allylic oxidation sites excluding steroid dienone is 1. The number of nitrogens with one attached hydrogen (secondary N) is 1. The number of amides is 1. The summed E-state index contributed by atoms with van der Waals surface area (Å²) in [6.07, 6.45) is 3.88. The quantitative estimate of drug-likeness (QED) is 0.216. The molecule has 1 aliphatic heterocycles. The molecule has 0 aliphatic carbocycles. The minimum Gasteiger partial charge on any atom is -0.493 e. The Labute approximate surface area is 279 Å². The fourth-order valence-electron chi connectivity index (χ4n) is 6.12.